The van der Waals surface area contributed by atoms with Crippen LogP contribution in [-0.2, 0) is 23.8 Å². The van der Waals surface area contributed by atoms with E-state index in [9.17, 15) is 9.59 Å². The Morgan fingerprint density at radius 3 is 2.62 bits per heavy atom. The van der Waals surface area contributed by atoms with Crippen LogP contribution in [0, 0.1) is 11.8 Å². The molecule has 2 aliphatic rings. The Morgan fingerprint density at radius 2 is 1.88 bits per heavy atom. The zero-order chi connectivity index (χ0) is 23.0. The van der Waals surface area contributed by atoms with Gasteiger partial charge in [0.25, 0.3) is 0 Å². The first kappa shape index (κ1) is 27.0. The second-order valence-electron chi connectivity index (χ2n) is 9.21. The smallest absolute Gasteiger partial charge is 0.305 e. The van der Waals surface area contributed by atoms with Crippen LogP contribution >= 0.6 is 0 Å². The number of Topliss-reactive ketones (excluding diaryl/α,β-unsaturated/α-hetero) is 1. The fourth-order valence-electron chi connectivity index (χ4n) is 4.79. The number of aliphatic hydroxyl groups excluding tert-OH is 1. The molecule has 1 saturated carbocycles. The molecule has 6 heteroatoms. The number of hydrogen-bond donors (Lipinski definition) is 1. The molecule has 0 amide bonds. The van der Waals surface area contributed by atoms with Crippen molar-refractivity contribution in [2.75, 3.05) is 20.3 Å². The van der Waals surface area contributed by atoms with Gasteiger partial charge in [-0.25, -0.2) is 0 Å². The summed E-state index contributed by atoms with van der Waals surface area (Å²) in [6, 6.07) is 0. The molecule has 4 atom stereocenters. The highest BCUT2D eigenvalue weighted by molar-refractivity contribution is 5.84. The minimum Gasteiger partial charge on any atom is -0.469 e. The summed E-state index contributed by atoms with van der Waals surface area (Å²) in [6.45, 7) is 1.02. The Morgan fingerprint density at radius 1 is 1.09 bits per heavy atom. The lowest BCUT2D eigenvalue weighted by Crippen LogP contribution is -2.30. The van der Waals surface area contributed by atoms with E-state index >= 15 is 0 Å². The van der Waals surface area contributed by atoms with Crippen LogP contribution in [0.3, 0.4) is 0 Å². The first-order valence-electron chi connectivity index (χ1n) is 12.8. The van der Waals surface area contributed by atoms with Gasteiger partial charge < -0.3 is 19.3 Å². The summed E-state index contributed by atoms with van der Waals surface area (Å²) in [5.41, 5.74) is 0. The number of rotatable bonds is 16. The summed E-state index contributed by atoms with van der Waals surface area (Å²) in [5.74, 6) is 0.316. The van der Waals surface area contributed by atoms with Crippen molar-refractivity contribution in [1.29, 1.82) is 0 Å². The topological polar surface area (TPSA) is 82.1 Å². The van der Waals surface area contributed by atoms with Crippen LogP contribution in [0.4, 0.5) is 0 Å². The molecule has 1 saturated heterocycles. The fraction of sp³-hybridized carbons (Fsp3) is 0.846. The molecule has 1 N–H and O–H groups in total. The van der Waals surface area contributed by atoms with E-state index in [4.69, 9.17) is 14.6 Å². The number of methoxy groups -OCH3 is 1. The molecule has 0 spiro atoms. The van der Waals surface area contributed by atoms with Crippen molar-refractivity contribution in [3.8, 4) is 0 Å². The number of carbonyl (C=O) groups excluding carboxylic acids is 2. The summed E-state index contributed by atoms with van der Waals surface area (Å²) in [5, 5.41) is 8.89. The molecule has 1 aliphatic carbocycles. The highest BCUT2D eigenvalue weighted by atomic mass is 16.7. The van der Waals surface area contributed by atoms with Crippen molar-refractivity contribution in [2.45, 2.75) is 109 Å². The summed E-state index contributed by atoms with van der Waals surface area (Å²) in [7, 11) is 1.42. The van der Waals surface area contributed by atoms with E-state index in [1.54, 1.807) is 0 Å². The number of unbranched alkanes of at least 4 members (excludes halogenated alkanes) is 7. The number of ketones is 1. The first-order chi connectivity index (χ1) is 15.7. The number of carbonyl (C=O) groups is 2. The van der Waals surface area contributed by atoms with Crippen LogP contribution in [0.2, 0.25) is 0 Å². The molecule has 1 heterocycles. The quantitative estimate of drug-likeness (QED) is 0.199. The van der Waals surface area contributed by atoms with Gasteiger partial charge in [-0.1, -0.05) is 44.3 Å². The van der Waals surface area contributed by atoms with Gasteiger partial charge in [0.15, 0.2) is 6.29 Å². The zero-order valence-electron chi connectivity index (χ0n) is 20.0. The van der Waals surface area contributed by atoms with Gasteiger partial charge in [-0.05, 0) is 51.4 Å². The van der Waals surface area contributed by atoms with E-state index in [0.29, 0.717) is 18.6 Å². The van der Waals surface area contributed by atoms with Crippen molar-refractivity contribution in [3.63, 3.8) is 0 Å². The molecule has 184 valence electrons. The standard InChI is InChI=1S/C26H44O6/c1-30-25(29)16-10-6-5-8-14-21-22(15-9-4-2-3-7-12-18-27)24(20-23(21)28)32-26-17-11-13-19-31-26/h9,15,21-22,24,26-27H,2-8,10-14,16-20H2,1H3/t21-,22-,24-,26?/m1/s1. The van der Waals surface area contributed by atoms with Gasteiger partial charge in [0.1, 0.15) is 5.78 Å². The van der Waals surface area contributed by atoms with Crippen LogP contribution in [0.1, 0.15) is 96.3 Å². The predicted molar refractivity (Wildman–Crippen MR) is 124 cm³/mol. The van der Waals surface area contributed by atoms with E-state index < -0.39 is 0 Å². The maximum absolute atomic E-state index is 12.9. The third kappa shape index (κ3) is 10.1. The molecule has 32 heavy (non-hydrogen) atoms. The monoisotopic (exact) mass is 452 g/mol. The van der Waals surface area contributed by atoms with Gasteiger partial charge in [0.2, 0.25) is 0 Å². The highest BCUT2D eigenvalue weighted by Gasteiger charge is 2.42. The van der Waals surface area contributed by atoms with Gasteiger partial charge in [-0.2, -0.15) is 0 Å². The lowest BCUT2D eigenvalue weighted by molar-refractivity contribution is -0.192. The van der Waals surface area contributed by atoms with Crippen LogP contribution < -0.4 is 0 Å². The normalized spacial score (nSPS) is 26.1. The Kier molecular flexibility index (Phi) is 13.8. The average molecular weight is 453 g/mol. The average Bonchev–Trinajstić information content (AvgIpc) is 3.09. The summed E-state index contributed by atoms with van der Waals surface area (Å²) < 4.78 is 16.8. The molecule has 2 rings (SSSR count). The predicted octanol–water partition coefficient (Wildman–Crippen LogP) is 5.12. The van der Waals surface area contributed by atoms with E-state index in [-0.39, 0.29) is 36.8 Å². The third-order valence-corrected chi connectivity index (χ3v) is 6.69. The second-order valence-corrected chi connectivity index (χ2v) is 9.21. The number of ether oxygens (including phenoxy) is 3. The second kappa shape index (κ2) is 16.4. The van der Waals surface area contributed by atoms with Crippen molar-refractivity contribution in [3.05, 3.63) is 12.2 Å². The molecular weight excluding hydrogens is 408 g/mol. The largest absolute Gasteiger partial charge is 0.469 e. The highest BCUT2D eigenvalue weighted by Crippen LogP contribution is 2.37. The fourth-order valence-corrected chi connectivity index (χ4v) is 4.79. The zero-order valence-corrected chi connectivity index (χ0v) is 20.0. The molecule has 0 aromatic carbocycles. The summed E-state index contributed by atoms with van der Waals surface area (Å²) >= 11 is 0. The first-order valence-corrected chi connectivity index (χ1v) is 12.8. The molecule has 0 bridgehead atoms. The van der Waals surface area contributed by atoms with Crippen LogP contribution in [-0.4, -0.2) is 49.6 Å². The Balaban J connectivity index is 1.83. The van der Waals surface area contributed by atoms with Crippen LogP contribution in [0.15, 0.2) is 12.2 Å². The Labute approximate surface area is 194 Å². The SMILES string of the molecule is COC(=O)CCCCCC[C@H]1C(=O)C[C@@H](OC2CCCCO2)[C@@H]1C=CCCCCCCO. The van der Waals surface area contributed by atoms with Gasteiger partial charge in [-0.15, -0.1) is 0 Å². The van der Waals surface area contributed by atoms with Gasteiger partial charge in [0.05, 0.1) is 13.2 Å². The van der Waals surface area contributed by atoms with Gasteiger partial charge in [0, 0.05) is 37.9 Å². The number of allylic oxidation sites excluding steroid dienone is 1. The van der Waals surface area contributed by atoms with E-state index in [0.717, 1.165) is 90.1 Å². The molecule has 0 aromatic rings. The molecule has 1 unspecified atom stereocenters. The summed E-state index contributed by atoms with van der Waals surface area (Å²) in [4.78, 5) is 24.1. The molecule has 0 aromatic heterocycles. The number of esters is 1. The van der Waals surface area contributed by atoms with E-state index in [2.05, 4.69) is 16.9 Å². The minimum atomic E-state index is -0.173. The minimum absolute atomic E-state index is 0.0230. The van der Waals surface area contributed by atoms with Crippen LogP contribution in [0.25, 0.3) is 0 Å². The Bertz CT molecular complexity index is 555. The van der Waals surface area contributed by atoms with Crippen molar-refractivity contribution < 1.29 is 28.9 Å². The Hall–Kier alpha value is -1.24. The number of hydrogen-bond acceptors (Lipinski definition) is 6. The molecular formula is C26H44O6. The third-order valence-electron chi connectivity index (χ3n) is 6.69. The maximum Gasteiger partial charge on any atom is 0.305 e. The van der Waals surface area contributed by atoms with Crippen LogP contribution in [0.5, 0.6) is 0 Å². The van der Waals surface area contributed by atoms with Gasteiger partial charge in [-0.3, -0.25) is 9.59 Å². The molecule has 2 fully saturated rings. The van der Waals surface area contributed by atoms with Crippen molar-refractivity contribution >= 4 is 11.8 Å². The number of aliphatic hydroxyl groups is 1. The van der Waals surface area contributed by atoms with Crippen molar-refractivity contribution in [1.82, 2.24) is 0 Å². The lowest BCUT2D eigenvalue weighted by atomic mass is 9.88. The molecule has 0 radical (unpaired) electrons. The van der Waals surface area contributed by atoms with E-state index in [1.165, 1.54) is 7.11 Å². The van der Waals surface area contributed by atoms with Crippen molar-refractivity contribution in [2.24, 2.45) is 11.8 Å². The lowest BCUT2D eigenvalue weighted by Gasteiger charge is -2.28. The molecule has 1 aliphatic heterocycles. The maximum atomic E-state index is 12.9. The van der Waals surface area contributed by atoms with Gasteiger partial charge >= 0.3 is 5.97 Å². The summed E-state index contributed by atoms with van der Waals surface area (Å²) in [6.07, 6.45) is 18.2. The molecule has 6 nitrogen and oxygen atoms in total. The van der Waals surface area contributed by atoms with E-state index in [1.807, 2.05) is 0 Å².